The number of pyridine rings is 1. The quantitative estimate of drug-likeness (QED) is 0.832. The zero-order valence-electron chi connectivity index (χ0n) is 9.34. The third-order valence-electron chi connectivity index (χ3n) is 2.27. The maximum atomic E-state index is 13.5. The zero-order valence-corrected chi connectivity index (χ0v) is 10.9. The molecule has 4 nitrogen and oxygen atoms in total. The highest BCUT2D eigenvalue weighted by Gasteiger charge is 2.12. The lowest BCUT2D eigenvalue weighted by Crippen LogP contribution is -2.18. The summed E-state index contributed by atoms with van der Waals surface area (Å²) >= 11 is 2.83. The van der Waals surface area contributed by atoms with E-state index in [4.69, 9.17) is 0 Å². The Balaban J connectivity index is 2.29. The first kappa shape index (κ1) is 13.4. The number of carbonyl (C=O) groups excluding carboxylic acids is 1. The summed E-state index contributed by atoms with van der Waals surface area (Å²) in [6.45, 7) is 0. The average molecular weight is 329 g/mol. The molecular formula is C12H7BrF2N2O2. The van der Waals surface area contributed by atoms with Crippen LogP contribution in [0.25, 0.3) is 0 Å². The van der Waals surface area contributed by atoms with Crippen molar-refractivity contribution in [3.05, 3.63) is 62.5 Å². The van der Waals surface area contributed by atoms with Crippen LogP contribution in [-0.4, -0.2) is 10.9 Å². The summed E-state index contributed by atoms with van der Waals surface area (Å²) in [6, 6.07) is 5.71. The lowest BCUT2D eigenvalue weighted by molar-refractivity contribution is 0.102. The highest BCUT2D eigenvalue weighted by atomic mass is 79.9. The van der Waals surface area contributed by atoms with E-state index >= 15 is 0 Å². The summed E-state index contributed by atoms with van der Waals surface area (Å²) in [6.07, 6.45) is 0. The van der Waals surface area contributed by atoms with Crippen molar-refractivity contribution in [1.29, 1.82) is 0 Å². The van der Waals surface area contributed by atoms with Gasteiger partial charge in [0.2, 0.25) is 5.56 Å². The average Bonchev–Trinajstić information content (AvgIpc) is 2.36. The van der Waals surface area contributed by atoms with Gasteiger partial charge in [0.15, 0.2) is 0 Å². The third-order valence-corrected chi connectivity index (χ3v) is 2.88. The van der Waals surface area contributed by atoms with Gasteiger partial charge in [0.05, 0.1) is 10.2 Å². The van der Waals surface area contributed by atoms with Crippen LogP contribution in [0.2, 0.25) is 0 Å². The molecule has 0 radical (unpaired) electrons. The summed E-state index contributed by atoms with van der Waals surface area (Å²) in [5.74, 6) is -2.24. The van der Waals surface area contributed by atoms with E-state index in [1.807, 2.05) is 0 Å². The lowest BCUT2D eigenvalue weighted by atomic mass is 10.2. The molecule has 1 amide bonds. The van der Waals surface area contributed by atoms with Gasteiger partial charge >= 0.3 is 0 Å². The molecule has 0 aliphatic heterocycles. The van der Waals surface area contributed by atoms with Crippen molar-refractivity contribution in [2.45, 2.75) is 0 Å². The minimum absolute atomic E-state index is 0.0453. The molecule has 0 atom stereocenters. The molecule has 2 aromatic rings. The molecule has 2 N–H and O–H groups in total. The normalized spacial score (nSPS) is 10.3. The number of aromatic nitrogens is 1. The fourth-order valence-electron chi connectivity index (χ4n) is 1.39. The standard InChI is InChI=1S/C12H7BrF2N2O2/c13-6-4-8(15)10(5-7(6)14)17-12(19)9-2-1-3-11(18)16-9/h1-5H,(H,16,18)(H,17,19). The number of hydrogen-bond donors (Lipinski definition) is 2. The zero-order chi connectivity index (χ0) is 14.0. The first-order valence-electron chi connectivity index (χ1n) is 5.12. The number of benzene rings is 1. The second kappa shape index (κ2) is 5.31. The Labute approximate surface area is 114 Å². The van der Waals surface area contributed by atoms with Crippen molar-refractivity contribution in [2.24, 2.45) is 0 Å². The number of anilines is 1. The maximum Gasteiger partial charge on any atom is 0.272 e. The summed E-state index contributed by atoms with van der Waals surface area (Å²) in [5, 5.41) is 2.18. The molecule has 0 unspecified atom stereocenters. The Morgan fingerprint density at radius 3 is 2.63 bits per heavy atom. The fourth-order valence-corrected chi connectivity index (χ4v) is 1.70. The number of nitrogens with one attached hydrogen (secondary N) is 2. The number of H-pyrrole nitrogens is 1. The first-order chi connectivity index (χ1) is 8.97. The SMILES string of the molecule is O=C(Nc1cc(F)c(Br)cc1F)c1cccc(=O)[nH]1. The van der Waals surface area contributed by atoms with Gasteiger partial charge in [0.1, 0.15) is 17.3 Å². The summed E-state index contributed by atoms with van der Waals surface area (Å²) in [5.41, 5.74) is -0.819. The Hall–Kier alpha value is -2.02. The van der Waals surface area contributed by atoms with E-state index in [1.165, 1.54) is 18.2 Å². The van der Waals surface area contributed by atoms with Gasteiger partial charge in [0, 0.05) is 12.1 Å². The second-order valence-corrected chi connectivity index (χ2v) is 4.48. The summed E-state index contributed by atoms with van der Waals surface area (Å²) in [7, 11) is 0. The van der Waals surface area contributed by atoms with Gasteiger partial charge in [-0.05, 0) is 28.1 Å². The highest BCUT2D eigenvalue weighted by Crippen LogP contribution is 2.23. The minimum Gasteiger partial charge on any atom is -0.318 e. The van der Waals surface area contributed by atoms with E-state index in [0.29, 0.717) is 0 Å². The molecule has 0 aliphatic carbocycles. The molecule has 1 heterocycles. The maximum absolute atomic E-state index is 13.5. The smallest absolute Gasteiger partial charge is 0.272 e. The van der Waals surface area contributed by atoms with Crippen LogP contribution in [0.5, 0.6) is 0 Å². The number of amides is 1. The Kier molecular flexibility index (Phi) is 3.75. The number of carbonyl (C=O) groups is 1. The van der Waals surface area contributed by atoms with Crippen LogP contribution >= 0.6 is 15.9 Å². The topological polar surface area (TPSA) is 62.0 Å². The van der Waals surface area contributed by atoms with Crippen molar-refractivity contribution >= 4 is 27.5 Å². The number of hydrogen-bond acceptors (Lipinski definition) is 2. The van der Waals surface area contributed by atoms with E-state index in [0.717, 1.165) is 12.1 Å². The van der Waals surface area contributed by atoms with Gasteiger partial charge in [-0.25, -0.2) is 8.78 Å². The van der Waals surface area contributed by atoms with Crippen LogP contribution in [0.1, 0.15) is 10.5 Å². The number of halogens is 3. The van der Waals surface area contributed by atoms with Gasteiger partial charge in [-0.1, -0.05) is 6.07 Å². The van der Waals surface area contributed by atoms with Crippen molar-refractivity contribution in [3.63, 3.8) is 0 Å². The van der Waals surface area contributed by atoms with Crippen LogP contribution in [0.15, 0.2) is 39.6 Å². The summed E-state index contributed by atoms with van der Waals surface area (Å²) in [4.78, 5) is 25.0. The molecule has 0 saturated carbocycles. The van der Waals surface area contributed by atoms with E-state index in [1.54, 1.807) is 0 Å². The first-order valence-corrected chi connectivity index (χ1v) is 5.92. The van der Waals surface area contributed by atoms with Crippen LogP contribution in [0, 0.1) is 11.6 Å². The Morgan fingerprint density at radius 1 is 1.21 bits per heavy atom. The molecule has 7 heteroatoms. The van der Waals surface area contributed by atoms with Gasteiger partial charge in [-0.15, -0.1) is 0 Å². The molecule has 1 aromatic carbocycles. The molecule has 0 saturated heterocycles. The molecule has 0 aliphatic rings. The van der Waals surface area contributed by atoms with Crippen LogP contribution < -0.4 is 10.9 Å². The van der Waals surface area contributed by atoms with Crippen LogP contribution in [0.3, 0.4) is 0 Å². The molecule has 2 rings (SSSR count). The molecule has 19 heavy (non-hydrogen) atoms. The van der Waals surface area contributed by atoms with E-state index in [9.17, 15) is 18.4 Å². The van der Waals surface area contributed by atoms with Gasteiger partial charge in [-0.2, -0.15) is 0 Å². The minimum atomic E-state index is -0.792. The fraction of sp³-hybridized carbons (Fsp3) is 0. The van der Waals surface area contributed by atoms with E-state index < -0.39 is 23.1 Å². The molecule has 1 aromatic heterocycles. The van der Waals surface area contributed by atoms with Crippen molar-refractivity contribution in [2.75, 3.05) is 5.32 Å². The number of aromatic amines is 1. The lowest BCUT2D eigenvalue weighted by Gasteiger charge is -2.07. The van der Waals surface area contributed by atoms with Crippen molar-refractivity contribution in [3.8, 4) is 0 Å². The monoisotopic (exact) mass is 328 g/mol. The van der Waals surface area contributed by atoms with Gasteiger partial charge in [-0.3, -0.25) is 9.59 Å². The largest absolute Gasteiger partial charge is 0.318 e. The summed E-state index contributed by atoms with van der Waals surface area (Å²) < 4.78 is 26.7. The Morgan fingerprint density at radius 2 is 1.95 bits per heavy atom. The molecule has 98 valence electrons. The molecule has 0 spiro atoms. The van der Waals surface area contributed by atoms with Crippen molar-refractivity contribution in [1.82, 2.24) is 4.98 Å². The number of rotatable bonds is 2. The predicted molar refractivity (Wildman–Crippen MR) is 69.1 cm³/mol. The molecule has 0 bridgehead atoms. The predicted octanol–water partition coefficient (Wildman–Crippen LogP) is 2.67. The van der Waals surface area contributed by atoms with Gasteiger partial charge < -0.3 is 10.3 Å². The van der Waals surface area contributed by atoms with Gasteiger partial charge in [0.25, 0.3) is 5.91 Å². The van der Waals surface area contributed by atoms with Crippen LogP contribution in [-0.2, 0) is 0 Å². The Bertz CT molecular complexity index is 700. The van der Waals surface area contributed by atoms with Crippen molar-refractivity contribution < 1.29 is 13.6 Å². The van der Waals surface area contributed by atoms with E-state index in [2.05, 4.69) is 26.2 Å². The third kappa shape index (κ3) is 3.05. The van der Waals surface area contributed by atoms with Crippen LogP contribution in [0.4, 0.5) is 14.5 Å². The molecular weight excluding hydrogens is 322 g/mol. The molecule has 0 fully saturated rings. The second-order valence-electron chi connectivity index (χ2n) is 3.63. The highest BCUT2D eigenvalue weighted by molar-refractivity contribution is 9.10. The van der Waals surface area contributed by atoms with E-state index in [-0.39, 0.29) is 15.9 Å².